The van der Waals surface area contributed by atoms with Crippen LogP contribution in [0.2, 0.25) is 5.02 Å². The molecule has 9 heteroatoms. The summed E-state index contributed by atoms with van der Waals surface area (Å²) in [6.07, 6.45) is 0.705. The second kappa shape index (κ2) is 8.40. The highest BCUT2D eigenvalue weighted by atomic mass is 35.5. The number of halogens is 1. The average Bonchev–Trinajstić information content (AvgIpc) is 2.91. The third kappa shape index (κ3) is 4.96. The van der Waals surface area contributed by atoms with Crippen LogP contribution in [0.25, 0.3) is 0 Å². The van der Waals surface area contributed by atoms with E-state index in [4.69, 9.17) is 16.7 Å². The monoisotopic (exact) mass is 421 g/mol. The summed E-state index contributed by atoms with van der Waals surface area (Å²) in [4.78, 5) is 26.0. The maximum atomic E-state index is 12.5. The standard InChI is InChI=1S/C19H20ClN3O4S/c20-15-5-1-14(2-6-15)12-23-18(24)11-17(19(23)25)22-10-9-13-3-7-16(8-4-13)28(21,26)27/h1-8,17,22H,9-12H2,(H2,21,26,27)/t17-/m1/s1. The molecule has 0 aromatic heterocycles. The molecule has 1 heterocycles. The summed E-state index contributed by atoms with van der Waals surface area (Å²) < 4.78 is 22.5. The summed E-state index contributed by atoms with van der Waals surface area (Å²) in [6.45, 7) is 0.704. The minimum Gasteiger partial charge on any atom is -0.305 e. The van der Waals surface area contributed by atoms with Crippen LogP contribution in [0.4, 0.5) is 0 Å². The minimum absolute atomic E-state index is 0.0543. The summed E-state index contributed by atoms with van der Waals surface area (Å²) in [5, 5.41) is 8.77. The van der Waals surface area contributed by atoms with Gasteiger partial charge in [-0.3, -0.25) is 14.5 Å². The lowest BCUT2D eigenvalue weighted by atomic mass is 10.1. The zero-order valence-electron chi connectivity index (χ0n) is 15.0. The number of nitrogens with two attached hydrogens (primary N) is 1. The molecular formula is C19H20ClN3O4S. The van der Waals surface area contributed by atoms with Crippen LogP contribution in [0.3, 0.4) is 0 Å². The number of imide groups is 1. The molecule has 0 bridgehead atoms. The number of hydrogen-bond donors (Lipinski definition) is 2. The highest BCUT2D eigenvalue weighted by molar-refractivity contribution is 7.89. The van der Waals surface area contributed by atoms with Crippen molar-refractivity contribution in [2.24, 2.45) is 5.14 Å². The van der Waals surface area contributed by atoms with Crippen LogP contribution in [-0.2, 0) is 32.6 Å². The molecule has 1 fully saturated rings. The number of benzene rings is 2. The fraction of sp³-hybridized carbons (Fsp3) is 0.263. The van der Waals surface area contributed by atoms with Gasteiger partial charge in [-0.05, 0) is 48.4 Å². The first-order valence-corrected chi connectivity index (χ1v) is 10.6. The van der Waals surface area contributed by atoms with Gasteiger partial charge in [-0.1, -0.05) is 35.9 Å². The third-order valence-corrected chi connectivity index (χ3v) is 5.74. The predicted octanol–water partition coefficient (Wildman–Crippen LogP) is 1.45. The van der Waals surface area contributed by atoms with Crippen LogP contribution in [0.15, 0.2) is 53.4 Å². The number of sulfonamides is 1. The molecular weight excluding hydrogens is 402 g/mol. The summed E-state index contributed by atoms with van der Waals surface area (Å²) in [6, 6.07) is 12.7. The van der Waals surface area contributed by atoms with Crippen LogP contribution in [-0.4, -0.2) is 37.7 Å². The predicted molar refractivity (Wildman–Crippen MR) is 105 cm³/mol. The Balaban J connectivity index is 1.53. The maximum absolute atomic E-state index is 12.5. The molecule has 2 aromatic carbocycles. The number of nitrogens with one attached hydrogen (secondary N) is 1. The molecule has 28 heavy (non-hydrogen) atoms. The summed E-state index contributed by atoms with van der Waals surface area (Å²) in [5.74, 6) is -0.459. The van der Waals surface area contributed by atoms with Crippen molar-refractivity contribution in [2.45, 2.75) is 30.3 Å². The largest absolute Gasteiger partial charge is 0.305 e. The van der Waals surface area contributed by atoms with Crippen molar-refractivity contribution in [2.75, 3.05) is 6.54 Å². The minimum atomic E-state index is -3.71. The van der Waals surface area contributed by atoms with Gasteiger partial charge in [0.05, 0.1) is 23.9 Å². The molecule has 0 unspecified atom stereocenters. The molecule has 0 radical (unpaired) electrons. The summed E-state index contributed by atoms with van der Waals surface area (Å²) in [5.41, 5.74) is 1.73. The Morgan fingerprint density at radius 1 is 1.04 bits per heavy atom. The molecule has 0 spiro atoms. The van der Waals surface area contributed by atoms with Crippen molar-refractivity contribution in [3.05, 3.63) is 64.7 Å². The van der Waals surface area contributed by atoms with E-state index in [1.807, 2.05) is 0 Å². The fourth-order valence-electron chi connectivity index (χ4n) is 3.02. The Bertz CT molecular complexity index is 975. The van der Waals surface area contributed by atoms with Gasteiger partial charge >= 0.3 is 0 Å². The Hall–Kier alpha value is -2.26. The van der Waals surface area contributed by atoms with Crippen LogP contribution >= 0.6 is 11.6 Å². The molecule has 1 aliphatic rings. The van der Waals surface area contributed by atoms with E-state index in [0.29, 0.717) is 18.0 Å². The molecule has 7 nitrogen and oxygen atoms in total. The quantitative estimate of drug-likeness (QED) is 0.657. The van der Waals surface area contributed by atoms with Gasteiger partial charge in [-0.2, -0.15) is 0 Å². The Kier molecular flexibility index (Phi) is 6.14. The zero-order valence-corrected chi connectivity index (χ0v) is 16.5. The van der Waals surface area contributed by atoms with Crippen molar-refractivity contribution in [1.29, 1.82) is 0 Å². The van der Waals surface area contributed by atoms with E-state index in [2.05, 4.69) is 5.32 Å². The van der Waals surface area contributed by atoms with E-state index in [1.54, 1.807) is 36.4 Å². The molecule has 1 atom stereocenters. The summed E-state index contributed by atoms with van der Waals surface area (Å²) in [7, 11) is -3.71. The van der Waals surface area contributed by atoms with Crippen LogP contribution < -0.4 is 10.5 Å². The highest BCUT2D eigenvalue weighted by Gasteiger charge is 2.37. The Labute approximate surface area is 168 Å². The van der Waals surface area contributed by atoms with Gasteiger partial charge < -0.3 is 5.32 Å². The molecule has 3 N–H and O–H groups in total. The van der Waals surface area contributed by atoms with Crippen molar-refractivity contribution < 1.29 is 18.0 Å². The van der Waals surface area contributed by atoms with Crippen molar-refractivity contribution in [1.82, 2.24) is 10.2 Å². The average molecular weight is 422 g/mol. The lowest BCUT2D eigenvalue weighted by molar-refractivity contribution is -0.139. The van der Waals surface area contributed by atoms with Gasteiger partial charge in [0.15, 0.2) is 0 Å². The Morgan fingerprint density at radius 3 is 2.25 bits per heavy atom. The number of carbonyl (C=O) groups is 2. The van der Waals surface area contributed by atoms with Gasteiger partial charge in [0.25, 0.3) is 0 Å². The first-order chi connectivity index (χ1) is 13.2. The molecule has 1 saturated heterocycles. The summed E-state index contributed by atoms with van der Waals surface area (Å²) >= 11 is 5.85. The number of carbonyl (C=O) groups excluding carboxylic acids is 2. The topological polar surface area (TPSA) is 110 Å². The molecule has 3 rings (SSSR count). The molecule has 2 aromatic rings. The van der Waals surface area contributed by atoms with Crippen LogP contribution in [0.5, 0.6) is 0 Å². The van der Waals surface area contributed by atoms with E-state index in [-0.39, 0.29) is 29.7 Å². The molecule has 1 aliphatic heterocycles. The van der Waals surface area contributed by atoms with Crippen LogP contribution in [0, 0.1) is 0 Å². The Morgan fingerprint density at radius 2 is 1.64 bits per heavy atom. The zero-order chi connectivity index (χ0) is 20.3. The number of amides is 2. The van der Waals surface area contributed by atoms with E-state index in [9.17, 15) is 18.0 Å². The molecule has 0 saturated carbocycles. The smallest absolute Gasteiger partial charge is 0.247 e. The molecule has 0 aliphatic carbocycles. The lowest BCUT2D eigenvalue weighted by Crippen LogP contribution is -2.39. The van der Waals surface area contributed by atoms with E-state index >= 15 is 0 Å². The second-order valence-electron chi connectivity index (χ2n) is 6.59. The van der Waals surface area contributed by atoms with E-state index in [0.717, 1.165) is 11.1 Å². The van der Waals surface area contributed by atoms with Crippen LogP contribution in [0.1, 0.15) is 17.5 Å². The first kappa shape index (κ1) is 20.5. The first-order valence-electron chi connectivity index (χ1n) is 8.68. The highest BCUT2D eigenvalue weighted by Crippen LogP contribution is 2.18. The normalized spacial score (nSPS) is 17.4. The number of rotatable bonds is 7. The van der Waals surface area contributed by atoms with Gasteiger partial charge in [-0.15, -0.1) is 0 Å². The number of hydrogen-bond acceptors (Lipinski definition) is 5. The van der Waals surface area contributed by atoms with Gasteiger partial charge in [0.2, 0.25) is 21.8 Å². The second-order valence-corrected chi connectivity index (χ2v) is 8.59. The fourth-order valence-corrected chi connectivity index (χ4v) is 3.66. The van der Waals surface area contributed by atoms with Gasteiger partial charge in [0, 0.05) is 5.02 Å². The van der Waals surface area contributed by atoms with E-state index in [1.165, 1.54) is 17.0 Å². The number of likely N-dealkylation sites (tertiary alicyclic amines) is 1. The number of primary sulfonamides is 1. The van der Waals surface area contributed by atoms with Gasteiger partial charge in [0.1, 0.15) is 0 Å². The number of nitrogens with zero attached hydrogens (tertiary/aromatic N) is 1. The molecule has 148 valence electrons. The lowest BCUT2D eigenvalue weighted by Gasteiger charge is -2.15. The van der Waals surface area contributed by atoms with Crippen molar-refractivity contribution in [3.8, 4) is 0 Å². The third-order valence-electron chi connectivity index (χ3n) is 4.55. The van der Waals surface area contributed by atoms with Crippen molar-refractivity contribution in [3.63, 3.8) is 0 Å². The van der Waals surface area contributed by atoms with Crippen molar-refractivity contribution >= 4 is 33.4 Å². The van der Waals surface area contributed by atoms with E-state index < -0.39 is 16.1 Å². The SMILES string of the molecule is NS(=O)(=O)c1ccc(CCN[C@@H]2CC(=O)N(Cc3ccc(Cl)cc3)C2=O)cc1. The maximum Gasteiger partial charge on any atom is 0.247 e. The van der Waals surface area contributed by atoms with Gasteiger partial charge in [-0.25, -0.2) is 13.6 Å². The molecule has 2 amide bonds.